The molecule has 6 nitrogen and oxygen atoms in total. The van der Waals surface area contributed by atoms with Gasteiger partial charge >= 0.3 is 0 Å². The summed E-state index contributed by atoms with van der Waals surface area (Å²) in [4.78, 5) is 11.3. The lowest BCUT2D eigenvalue weighted by Gasteiger charge is -2.31. The van der Waals surface area contributed by atoms with Crippen LogP contribution in [0.2, 0.25) is 0 Å². The number of piperidine rings is 1. The molecule has 0 amide bonds. The van der Waals surface area contributed by atoms with E-state index in [4.69, 9.17) is 10.5 Å². The van der Waals surface area contributed by atoms with Gasteiger partial charge in [0.05, 0.1) is 13.7 Å². The third-order valence-corrected chi connectivity index (χ3v) is 4.69. The lowest BCUT2D eigenvalue weighted by Crippen LogP contribution is -2.33. The molecule has 0 saturated carbocycles. The maximum Gasteiger partial charge on any atom is 0.193 e. The highest BCUT2D eigenvalue weighted by Crippen LogP contribution is 2.21. The number of guanidine groups is 1. The van der Waals surface area contributed by atoms with Crippen LogP contribution in [0.5, 0.6) is 5.75 Å². The van der Waals surface area contributed by atoms with Crippen molar-refractivity contribution in [3.8, 4) is 5.75 Å². The maximum atomic E-state index is 5.97. The van der Waals surface area contributed by atoms with Crippen molar-refractivity contribution in [2.45, 2.75) is 26.3 Å². The second-order valence-electron chi connectivity index (χ2n) is 6.75. The van der Waals surface area contributed by atoms with Crippen LogP contribution in [0.25, 0.3) is 0 Å². The number of benzene rings is 1. The summed E-state index contributed by atoms with van der Waals surface area (Å²) in [6.07, 6.45) is 4.36. The number of aliphatic imine (C=N–C) groups is 1. The standard InChI is InChI=1S/C20H27N5O/c1-15-8-10-25(11-9-15)19-7-6-16(13-22-19)14-23-20(21)24-17-4-3-5-18(12-17)26-2/h3-7,12-13,15H,8-11,14H2,1-2H3,(H3,21,23,24). The van der Waals surface area contributed by atoms with E-state index in [0.717, 1.165) is 41.8 Å². The number of pyridine rings is 1. The molecule has 138 valence electrons. The number of aromatic nitrogens is 1. The zero-order valence-corrected chi connectivity index (χ0v) is 15.5. The Labute approximate surface area is 155 Å². The summed E-state index contributed by atoms with van der Waals surface area (Å²) in [5.74, 6) is 3.01. The first kappa shape index (κ1) is 18.0. The first-order valence-corrected chi connectivity index (χ1v) is 9.05. The van der Waals surface area contributed by atoms with E-state index in [9.17, 15) is 0 Å². The Kier molecular flexibility index (Phi) is 5.94. The van der Waals surface area contributed by atoms with Gasteiger partial charge < -0.3 is 20.7 Å². The average molecular weight is 353 g/mol. The monoisotopic (exact) mass is 353 g/mol. The number of hydrogen-bond acceptors (Lipinski definition) is 4. The van der Waals surface area contributed by atoms with Gasteiger partial charge in [-0.05, 0) is 42.5 Å². The van der Waals surface area contributed by atoms with Crippen LogP contribution in [0.3, 0.4) is 0 Å². The van der Waals surface area contributed by atoms with Gasteiger partial charge in [-0.25, -0.2) is 9.98 Å². The van der Waals surface area contributed by atoms with Crippen molar-refractivity contribution in [3.63, 3.8) is 0 Å². The maximum absolute atomic E-state index is 5.97. The van der Waals surface area contributed by atoms with E-state index in [1.807, 2.05) is 30.5 Å². The number of nitrogens with two attached hydrogens (primary N) is 1. The van der Waals surface area contributed by atoms with Crippen LogP contribution < -0.4 is 20.7 Å². The molecule has 2 aromatic rings. The fourth-order valence-corrected chi connectivity index (χ4v) is 3.00. The Bertz CT molecular complexity index is 736. The van der Waals surface area contributed by atoms with Crippen molar-refractivity contribution in [3.05, 3.63) is 48.2 Å². The lowest BCUT2D eigenvalue weighted by atomic mass is 9.99. The van der Waals surface area contributed by atoms with Gasteiger partial charge in [0.25, 0.3) is 0 Å². The second kappa shape index (κ2) is 8.56. The molecule has 1 fully saturated rings. The number of methoxy groups -OCH3 is 1. The van der Waals surface area contributed by atoms with Gasteiger partial charge in [-0.2, -0.15) is 0 Å². The van der Waals surface area contributed by atoms with E-state index in [-0.39, 0.29) is 0 Å². The highest BCUT2D eigenvalue weighted by Gasteiger charge is 2.16. The summed E-state index contributed by atoms with van der Waals surface area (Å²) in [6.45, 7) is 4.98. The molecule has 26 heavy (non-hydrogen) atoms. The minimum Gasteiger partial charge on any atom is -0.497 e. The fraction of sp³-hybridized carbons (Fsp3) is 0.400. The second-order valence-corrected chi connectivity index (χ2v) is 6.75. The van der Waals surface area contributed by atoms with Gasteiger partial charge in [-0.15, -0.1) is 0 Å². The van der Waals surface area contributed by atoms with Crippen molar-refractivity contribution in [1.82, 2.24) is 4.98 Å². The molecule has 0 bridgehead atoms. The molecule has 0 unspecified atom stereocenters. The van der Waals surface area contributed by atoms with Crippen LogP contribution in [0, 0.1) is 5.92 Å². The van der Waals surface area contributed by atoms with Gasteiger partial charge in [0.1, 0.15) is 11.6 Å². The molecule has 0 radical (unpaired) electrons. The number of nitrogens with zero attached hydrogens (tertiary/aromatic N) is 3. The van der Waals surface area contributed by atoms with Crippen LogP contribution >= 0.6 is 0 Å². The van der Waals surface area contributed by atoms with Crippen LogP contribution in [-0.4, -0.2) is 31.1 Å². The van der Waals surface area contributed by atoms with Crippen LogP contribution in [0.1, 0.15) is 25.3 Å². The SMILES string of the molecule is COc1cccc(NC(N)=NCc2ccc(N3CCC(C)CC3)nc2)c1. The molecule has 0 spiro atoms. The van der Waals surface area contributed by atoms with Crippen molar-refractivity contribution in [1.29, 1.82) is 0 Å². The summed E-state index contributed by atoms with van der Waals surface area (Å²) in [6, 6.07) is 11.7. The van der Waals surface area contributed by atoms with E-state index in [0.29, 0.717) is 12.5 Å². The quantitative estimate of drug-likeness (QED) is 0.637. The molecule has 1 aromatic carbocycles. The Morgan fingerprint density at radius 3 is 2.81 bits per heavy atom. The molecule has 1 aromatic heterocycles. The molecule has 3 rings (SSSR count). The number of rotatable bonds is 5. The van der Waals surface area contributed by atoms with E-state index >= 15 is 0 Å². The van der Waals surface area contributed by atoms with Crippen LogP contribution in [0.15, 0.2) is 47.6 Å². The molecule has 0 aliphatic carbocycles. The van der Waals surface area contributed by atoms with Gasteiger partial charge in [0.15, 0.2) is 5.96 Å². The van der Waals surface area contributed by atoms with Crippen molar-refractivity contribution in [2.24, 2.45) is 16.6 Å². The van der Waals surface area contributed by atoms with E-state index in [1.165, 1.54) is 12.8 Å². The third kappa shape index (κ3) is 4.88. The largest absolute Gasteiger partial charge is 0.497 e. The third-order valence-electron chi connectivity index (χ3n) is 4.69. The summed E-state index contributed by atoms with van der Waals surface area (Å²) in [5, 5.41) is 3.07. The summed E-state index contributed by atoms with van der Waals surface area (Å²) in [7, 11) is 1.64. The molecular formula is C20H27N5O. The molecule has 1 aliphatic heterocycles. The Hall–Kier alpha value is -2.76. The minimum atomic E-state index is 0.368. The fourth-order valence-electron chi connectivity index (χ4n) is 3.00. The van der Waals surface area contributed by atoms with Crippen LogP contribution in [0.4, 0.5) is 11.5 Å². The van der Waals surface area contributed by atoms with Crippen molar-refractivity contribution < 1.29 is 4.74 Å². The number of anilines is 2. The zero-order valence-electron chi connectivity index (χ0n) is 15.5. The predicted molar refractivity (Wildman–Crippen MR) is 107 cm³/mol. The topological polar surface area (TPSA) is 75.8 Å². The first-order chi connectivity index (χ1) is 12.6. The van der Waals surface area contributed by atoms with Crippen molar-refractivity contribution >= 4 is 17.5 Å². The average Bonchev–Trinajstić information content (AvgIpc) is 2.67. The molecular weight excluding hydrogens is 326 g/mol. The number of hydrogen-bond donors (Lipinski definition) is 2. The lowest BCUT2D eigenvalue weighted by molar-refractivity contribution is 0.415. The summed E-state index contributed by atoms with van der Waals surface area (Å²) in [5.41, 5.74) is 7.86. The van der Waals surface area contributed by atoms with E-state index < -0.39 is 0 Å². The van der Waals surface area contributed by atoms with Gasteiger partial charge in [0.2, 0.25) is 0 Å². The Morgan fingerprint density at radius 1 is 1.31 bits per heavy atom. The Morgan fingerprint density at radius 2 is 2.12 bits per heavy atom. The highest BCUT2D eigenvalue weighted by atomic mass is 16.5. The Balaban J connectivity index is 1.55. The minimum absolute atomic E-state index is 0.368. The molecule has 0 atom stereocenters. The van der Waals surface area contributed by atoms with Crippen LogP contribution in [-0.2, 0) is 6.54 Å². The molecule has 1 saturated heterocycles. The van der Waals surface area contributed by atoms with E-state index in [2.05, 4.69) is 39.2 Å². The number of ether oxygens (including phenoxy) is 1. The number of nitrogens with one attached hydrogen (secondary N) is 1. The van der Waals surface area contributed by atoms with Gasteiger partial charge in [-0.1, -0.05) is 19.1 Å². The normalized spacial score (nSPS) is 15.8. The molecule has 2 heterocycles. The van der Waals surface area contributed by atoms with Crippen molar-refractivity contribution in [2.75, 3.05) is 30.4 Å². The highest BCUT2D eigenvalue weighted by molar-refractivity contribution is 5.92. The smallest absolute Gasteiger partial charge is 0.193 e. The zero-order chi connectivity index (χ0) is 18.4. The molecule has 1 aliphatic rings. The van der Waals surface area contributed by atoms with Gasteiger partial charge in [0, 0.05) is 31.0 Å². The van der Waals surface area contributed by atoms with Gasteiger partial charge in [-0.3, -0.25) is 0 Å². The summed E-state index contributed by atoms with van der Waals surface area (Å²) >= 11 is 0. The molecule has 6 heteroatoms. The first-order valence-electron chi connectivity index (χ1n) is 9.05. The van der Waals surface area contributed by atoms with E-state index in [1.54, 1.807) is 7.11 Å². The predicted octanol–water partition coefficient (Wildman–Crippen LogP) is 3.25. The molecule has 3 N–H and O–H groups in total. The summed E-state index contributed by atoms with van der Waals surface area (Å²) < 4.78 is 5.20.